The highest BCUT2D eigenvalue weighted by Gasteiger charge is 2.26. The maximum absolute atomic E-state index is 12.6. The van der Waals surface area contributed by atoms with E-state index in [0.29, 0.717) is 30.4 Å². The second-order valence-corrected chi connectivity index (χ2v) is 9.10. The third-order valence-electron chi connectivity index (χ3n) is 4.57. The van der Waals surface area contributed by atoms with Gasteiger partial charge in [0, 0.05) is 18.8 Å². The smallest absolute Gasteiger partial charge is 0.322 e. The van der Waals surface area contributed by atoms with E-state index < -0.39 is 34.5 Å². The topological polar surface area (TPSA) is 111 Å². The van der Waals surface area contributed by atoms with E-state index in [1.165, 1.54) is 26.1 Å². The number of carbonyl (C=O) groups is 2. The number of nitrogens with one attached hydrogen (secondary N) is 1. The summed E-state index contributed by atoms with van der Waals surface area (Å²) in [6, 6.07) is 11.2. The van der Waals surface area contributed by atoms with Crippen molar-refractivity contribution < 1.29 is 32.2 Å². The molecule has 0 aliphatic carbocycles. The molecule has 1 amide bonds. The first-order valence-corrected chi connectivity index (χ1v) is 11.0. The largest absolute Gasteiger partial charge is 0.486 e. The Kier molecular flexibility index (Phi) is 6.81. The summed E-state index contributed by atoms with van der Waals surface area (Å²) in [6.07, 6.45) is -1.13. The Hall–Kier alpha value is -3.11. The lowest BCUT2D eigenvalue weighted by Crippen LogP contribution is -2.37. The van der Waals surface area contributed by atoms with E-state index in [-0.39, 0.29) is 4.90 Å². The average Bonchev–Trinajstić information content (AvgIpc) is 2.73. The molecule has 0 fully saturated rings. The fourth-order valence-electron chi connectivity index (χ4n) is 2.81. The van der Waals surface area contributed by atoms with Crippen molar-refractivity contribution in [2.75, 3.05) is 32.1 Å². The summed E-state index contributed by atoms with van der Waals surface area (Å²) < 4.78 is 42.0. The van der Waals surface area contributed by atoms with Gasteiger partial charge in [-0.2, -0.15) is 4.31 Å². The Bertz CT molecular complexity index is 1070. The van der Waals surface area contributed by atoms with Gasteiger partial charge in [0.2, 0.25) is 10.0 Å². The maximum atomic E-state index is 12.6. The molecule has 10 heteroatoms. The molecule has 1 unspecified atom stereocenters. The second kappa shape index (κ2) is 9.36. The number of esters is 1. The summed E-state index contributed by atoms with van der Waals surface area (Å²) in [5, 5.41) is 2.63. The molecule has 0 spiro atoms. The zero-order chi connectivity index (χ0) is 22.6. The van der Waals surface area contributed by atoms with E-state index in [9.17, 15) is 18.0 Å². The number of likely N-dealkylation sites (N-methyl/N-ethyl adjacent to an activating group) is 1. The van der Waals surface area contributed by atoms with E-state index >= 15 is 0 Å². The highest BCUT2D eigenvalue weighted by atomic mass is 32.2. The van der Waals surface area contributed by atoms with Gasteiger partial charge in [0.25, 0.3) is 5.91 Å². The van der Waals surface area contributed by atoms with Crippen molar-refractivity contribution in [2.45, 2.75) is 24.8 Å². The van der Waals surface area contributed by atoms with Gasteiger partial charge < -0.3 is 19.5 Å². The minimum atomic E-state index is -3.86. The number of rotatable bonds is 7. The molecule has 31 heavy (non-hydrogen) atoms. The van der Waals surface area contributed by atoms with E-state index in [0.717, 1.165) is 9.87 Å². The number of hydrogen-bond donors (Lipinski definition) is 1. The van der Waals surface area contributed by atoms with Crippen LogP contribution in [0.15, 0.2) is 47.4 Å². The molecule has 1 aliphatic heterocycles. The number of fused-ring (bicyclic) bond motifs is 1. The standard InChI is InChI=1S/C21H24N2O7S/c1-14-4-7-17(8-5-14)31(26,27)23(3)13-20(24)30-15(2)21(25)22-16-6-9-18-19(12-16)29-11-10-28-18/h4-9,12,15H,10-11,13H2,1-3H3,(H,22,25). The quantitative estimate of drug-likeness (QED) is 0.645. The number of amides is 1. The molecule has 9 nitrogen and oxygen atoms in total. The summed E-state index contributed by atoms with van der Waals surface area (Å²) in [4.78, 5) is 24.6. The molecule has 2 aromatic carbocycles. The Morgan fingerprint density at radius 3 is 2.42 bits per heavy atom. The van der Waals surface area contributed by atoms with Crippen LogP contribution in [0.5, 0.6) is 11.5 Å². The molecule has 0 radical (unpaired) electrons. The summed E-state index contributed by atoms with van der Waals surface area (Å²) in [5.41, 5.74) is 1.37. The van der Waals surface area contributed by atoms with Crippen LogP contribution in [0, 0.1) is 6.92 Å². The Morgan fingerprint density at radius 1 is 1.10 bits per heavy atom. The molecule has 2 aromatic rings. The average molecular weight is 448 g/mol. The lowest BCUT2D eigenvalue weighted by Gasteiger charge is -2.20. The van der Waals surface area contributed by atoms with Gasteiger partial charge in [0.15, 0.2) is 17.6 Å². The molecule has 0 saturated carbocycles. The van der Waals surface area contributed by atoms with Crippen molar-refractivity contribution in [3.8, 4) is 11.5 Å². The minimum absolute atomic E-state index is 0.0674. The highest BCUT2D eigenvalue weighted by molar-refractivity contribution is 7.89. The molecule has 3 rings (SSSR count). The first-order valence-electron chi connectivity index (χ1n) is 9.60. The Labute approximate surface area is 181 Å². The van der Waals surface area contributed by atoms with Crippen LogP contribution in [-0.2, 0) is 24.3 Å². The van der Waals surface area contributed by atoms with Crippen molar-refractivity contribution in [1.29, 1.82) is 0 Å². The van der Waals surface area contributed by atoms with Gasteiger partial charge in [-0.25, -0.2) is 8.42 Å². The summed E-state index contributed by atoms with van der Waals surface area (Å²) >= 11 is 0. The van der Waals surface area contributed by atoms with Crippen LogP contribution in [0.2, 0.25) is 0 Å². The molecule has 0 bridgehead atoms. The highest BCUT2D eigenvalue weighted by Crippen LogP contribution is 2.32. The number of nitrogens with zero attached hydrogens (tertiary/aromatic N) is 1. The van der Waals surface area contributed by atoms with Gasteiger partial charge in [-0.15, -0.1) is 0 Å². The summed E-state index contributed by atoms with van der Waals surface area (Å²) in [7, 11) is -2.58. The molecule has 1 atom stereocenters. The third-order valence-corrected chi connectivity index (χ3v) is 6.39. The number of ether oxygens (including phenoxy) is 3. The number of hydrogen-bond acceptors (Lipinski definition) is 7. The van der Waals surface area contributed by atoms with Crippen LogP contribution in [0.3, 0.4) is 0 Å². The van der Waals surface area contributed by atoms with Crippen LogP contribution in [0.1, 0.15) is 12.5 Å². The summed E-state index contributed by atoms with van der Waals surface area (Å²) in [5.74, 6) is -0.310. The monoisotopic (exact) mass is 448 g/mol. The second-order valence-electron chi connectivity index (χ2n) is 7.05. The lowest BCUT2D eigenvalue weighted by atomic mass is 10.2. The molecule has 0 aromatic heterocycles. The van der Waals surface area contributed by atoms with Gasteiger partial charge in [-0.1, -0.05) is 17.7 Å². The predicted octanol–water partition coefficient (Wildman–Crippen LogP) is 1.96. The minimum Gasteiger partial charge on any atom is -0.486 e. The maximum Gasteiger partial charge on any atom is 0.322 e. The van der Waals surface area contributed by atoms with Gasteiger partial charge >= 0.3 is 5.97 Å². The molecule has 1 heterocycles. The van der Waals surface area contributed by atoms with E-state index in [2.05, 4.69) is 5.32 Å². The zero-order valence-electron chi connectivity index (χ0n) is 17.5. The number of anilines is 1. The predicted molar refractivity (Wildman–Crippen MR) is 113 cm³/mol. The van der Waals surface area contributed by atoms with E-state index in [1.807, 2.05) is 6.92 Å². The normalized spacial score (nSPS) is 14.1. The van der Waals surface area contributed by atoms with Gasteiger partial charge in [-0.05, 0) is 38.1 Å². The Morgan fingerprint density at radius 2 is 1.74 bits per heavy atom. The van der Waals surface area contributed by atoms with Crippen LogP contribution in [0.4, 0.5) is 5.69 Å². The SMILES string of the molecule is Cc1ccc(S(=O)(=O)N(C)CC(=O)OC(C)C(=O)Nc2ccc3c(c2)OCCO3)cc1. The van der Waals surface area contributed by atoms with Crippen molar-refractivity contribution in [3.63, 3.8) is 0 Å². The van der Waals surface area contributed by atoms with Crippen LogP contribution >= 0.6 is 0 Å². The number of benzene rings is 2. The first kappa shape index (κ1) is 22.6. The van der Waals surface area contributed by atoms with Crippen LogP contribution in [0.25, 0.3) is 0 Å². The van der Waals surface area contributed by atoms with Crippen molar-refractivity contribution >= 4 is 27.6 Å². The fourth-order valence-corrected chi connectivity index (χ4v) is 3.93. The van der Waals surface area contributed by atoms with E-state index in [1.54, 1.807) is 30.3 Å². The van der Waals surface area contributed by atoms with Crippen molar-refractivity contribution in [3.05, 3.63) is 48.0 Å². The third kappa shape index (κ3) is 5.53. The number of sulfonamides is 1. The number of carbonyl (C=O) groups excluding carboxylic acids is 2. The van der Waals surface area contributed by atoms with Crippen molar-refractivity contribution in [2.24, 2.45) is 0 Å². The number of aryl methyl sites for hydroxylation is 1. The van der Waals surface area contributed by atoms with Gasteiger partial charge in [0.1, 0.15) is 19.8 Å². The molecule has 0 saturated heterocycles. The molecular weight excluding hydrogens is 424 g/mol. The zero-order valence-corrected chi connectivity index (χ0v) is 18.3. The lowest BCUT2D eigenvalue weighted by molar-refractivity contribution is -0.153. The Balaban J connectivity index is 1.55. The fraction of sp³-hybridized carbons (Fsp3) is 0.333. The van der Waals surface area contributed by atoms with Gasteiger partial charge in [0.05, 0.1) is 4.90 Å². The molecule has 1 aliphatic rings. The summed E-state index contributed by atoms with van der Waals surface area (Å²) in [6.45, 7) is 3.59. The van der Waals surface area contributed by atoms with Gasteiger partial charge in [-0.3, -0.25) is 9.59 Å². The molecular formula is C21H24N2O7S. The van der Waals surface area contributed by atoms with Crippen LogP contribution in [-0.4, -0.2) is 57.5 Å². The molecule has 166 valence electrons. The van der Waals surface area contributed by atoms with Crippen molar-refractivity contribution in [1.82, 2.24) is 4.31 Å². The first-order chi connectivity index (χ1) is 14.7. The van der Waals surface area contributed by atoms with Crippen LogP contribution < -0.4 is 14.8 Å². The van der Waals surface area contributed by atoms with E-state index in [4.69, 9.17) is 14.2 Å². The molecule has 1 N–H and O–H groups in total.